The van der Waals surface area contributed by atoms with Crippen LogP contribution >= 0.6 is 0 Å². The van der Waals surface area contributed by atoms with Crippen molar-refractivity contribution in [1.29, 1.82) is 0 Å². The lowest BCUT2D eigenvalue weighted by atomic mass is 10.1. The second-order valence-electron chi connectivity index (χ2n) is 7.64. The molecule has 0 saturated carbocycles. The Morgan fingerprint density at radius 3 is 2.31 bits per heavy atom. The minimum atomic E-state index is -3.86. The maximum absolute atomic E-state index is 12.7. The Hall–Kier alpha value is -2.58. The van der Waals surface area contributed by atoms with E-state index in [9.17, 15) is 13.2 Å². The van der Waals surface area contributed by atoms with Crippen LogP contribution in [-0.4, -0.2) is 40.1 Å². The van der Waals surface area contributed by atoms with Crippen molar-refractivity contribution in [3.8, 4) is 11.5 Å². The molecule has 0 aliphatic heterocycles. The van der Waals surface area contributed by atoms with Gasteiger partial charge in [-0.05, 0) is 58.0 Å². The van der Waals surface area contributed by atoms with Gasteiger partial charge in [0.2, 0.25) is 10.0 Å². The molecule has 0 aliphatic rings. The Morgan fingerprint density at radius 2 is 1.72 bits per heavy atom. The second kappa shape index (κ2) is 9.28. The Balaban J connectivity index is 2.05. The van der Waals surface area contributed by atoms with E-state index in [1.807, 2.05) is 31.2 Å². The van der Waals surface area contributed by atoms with Gasteiger partial charge in [0, 0.05) is 11.1 Å². The van der Waals surface area contributed by atoms with Crippen molar-refractivity contribution in [3.63, 3.8) is 0 Å². The molecule has 2 aromatic rings. The Bertz CT molecular complexity index is 948. The van der Waals surface area contributed by atoms with Gasteiger partial charge in [-0.15, -0.1) is 0 Å². The number of ether oxygens (including phenoxy) is 2. The molecule has 29 heavy (non-hydrogen) atoms. The molecule has 0 radical (unpaired) electrons. The number of hydrogen-bond acceptors (Lipinski definition) is 5. The summed E-state index contributed by atoms with van der Waals surface area (Å²) in [4.78, 5) is 12.4. The number of carbonyl (C=O) groups is 1. The van der Waals surface area contributed by atoms with Crippen LogP contribution in [-0.2, 0) is 10.0 Å². The van der Waals surface area contributed by atoms with Gasteiger partial charge in [-0.3, -0.25) is 4.79 Å². The van der Waals surface area contributed by atoms with E-state index >= 15 is 0 Å². The lowest BCUT2D eigenvalue weighted by Gasteiger charge is -2.21. The van der Waals surface area contributed by atoms with Crippen LogP contribution in [0.1, 0.15) is 36.7 Å². The lowest BCUT2D eigenvalue weighted by molar-refractivity contribution is 0.0946. The Morgan fingerprint density at radius 1 is 1.07 bits per heavy atom. The summed E-state index contributed by atoms with van der Waals surface area (Å²) >= 11 is 0. The summed E-state index contributed by atoms with van der Waals surface area (Å²) < 4.78 is 38.7. The van der Waals surface area contributed by atoms with Crippen LogP contribution < -0.4 is 19.5 Å². The number of methoxy groups -OCH3 is 1. The van der Waals surface area contributed by atoms with Crippen LogP contribution in [0, 0.1) is 6.92 Å². The van der Waals surface area contributed by atoms with Crippen molar-refractivity contribution in [2.24, 2.45) is 0 Å². The van der Waals surface area contributed by atoms with Gasteiger partial charge in [-0.2, -0.15) is 0 Å². The van der Waals surface area contributed by atoms with Gasteiger partial charge < -0.3 is 14.8 Å². The molecule has 0 aromatic heterocycles. The molecule has 0 atom stereocenters. The average Bonchev–Trinajstić information content (AvgIpc) is 2.64. The van der Waals surface area contributed by atoms with Gasteiger partial charge in [0.25, 0.3) is 5.91 Å². The molecule has 2 aromatic carbocycles. The number of rotatable bonds is 8. The first-order chi connectivity index (χ1) is 13.5. The largest absolute Gasteiger partial charge is 0.495 e. The molecule has 0 bridgehead atoms. The molecule has 0 heterocycles. The fraction of sp³-hybridized carbons (Fsp3) is 0.381. The first-order valence-corrected chi connectivity index (χ1v) is 10.7. The SMILES string of the molecule is COc1ccc(C(=O)NCCOc2ccc(C)cc2)cc1S(=O)(=O)NC(C)(C)C. The van der Waals surface area contributed by atoms with Crippen LogP contribution in [0.3, 0.4) is 0 Å². The van der Waals surface area contributed by atoms with E-state index in [1.165, 1.54) is 25.3 Å². The zero-order valence-electron chi connectivity index (χ0n) is 17.4. The van der Waals surface area contributed by atoms with E-state index in [4.69, 9.17) is 9.47 Å². The molecule has 2 N–H and O–H groups in total. The highest BCUT2D eigenvalue weighted by Gasteiger charge is 2.26. The highest BCUT2D eigenvalue weighted by molar-refractivity contribution is 7.89. The van der Waals surface area contributed by atoms with Crippen LogP contribution in [0.25, 0.3) is 0 Å². The normalized spacial score (nSPS) is 11.8. The van der Waals surface area contributed by atoms with E-state index in [0.717, 1.165) is 11.3 Å². The standard InChI is InChI=1S/C21H28N2O5S/c1-15-6-9-17(10-7-15)28-13-12-22-20(24)16-8-11-18(27-5)19(14-16)29(25,26)23-21(2,3)4/h6-11,14,23H,12-13H2,1-5H3,(H,22,24). The van der Waals surface area contributed by atoms with Crippen LogP contribution in [0.4, 0.5) is 0 Å². The van der Waals surface area contributed by atoms with E-state index < -0.39 is 21.5 Å². The minimum Gasteiger partial charge on any atom is -0.495 e. The van der Waals surface area contributed by atoms with Crippen molar-refractivity contribution in [1.82, 2.24) is 10.0 Å². The van der Waals surface area contributed by atoms with Crippen molar-refractivity contribution >= 4 is 15.9 Å². The average molecular weight is 421 g/mol. The van der Waals surface area contributed by atoms with Gasteiger partial charge in [-0.1, -0.05) is 17.7 Å². The summed E-state index contributed by atoms with van der Waals surface area (Å²) in [5.41, 5.74) is 0.683. The molecule has 8 heteroatoms. The van der Waals surface area contributed by atoms with Crippen molar-refractivity contribution < 1.29 is 22.7 Å². The van der Waals surface area contributed by atoms with Gasteiger partial charge in [-0.25, -0.2) is 13.1 Å². The molecule has 7 nitrogen and oxygen atoms in total. The summed E-state index contributed by atoms with van der Waals surface area (Å²) in [6.45, 7) is 7.78. The number of hydrogen-bond donors (Lipinski definition) is 2. The maximum atomic E-state index is 12.7. The minimum absolute atomic E-state index is 0.0847. The molecule has 158 valence electrons. The lowest BCUT2D eigenvalue weighted by Crippen LogP contribution is -2.40. The summed E-state index contributed by atoms with van der Waals surface area (Å²) in [5.74, 6) is 0.490. The smallest absolute Gasteiger partial charge is 0.251 e. The Kier molecular flexibility index (Phi) is 7.26. The fourth-order valence-corrected chi connectivity index (χ4v) is 4.17. The number of benzene rings is 2. The highest BCUT2D eigenvalue weighted by Crippen LogP contribution is 2.26. The predicted molar refractivity (Wildman–Crippen MR) is 112 cm³/mol. The van der Waals surface area contributed by atoms with E-state index in [-0.39, 0.29) is 22.8 Å². The van der Waals surface area contributed by atoms with E-state index in [1.54, 1.807) is 20.8 Å². The summed E-state index contributed by atoms with van der Waals surface area (Å²) in [6.07, 6.45) is 0. The second-order valence-corrected chi connectivity index (χ2v) is 9.29. The number of aryl methyl sites for hydroxylation is 1. The van der Waals surface area contributed by atoms with Gasteiger partial charge in [0.05, 0.1) is 13.7 Å². The van der Waals surface area contributed by atoms with E-state index in [2.05, 4.69) is 10.0 Å². The molecular weight excluding hydrogens is 392 g/mol. The van der Waals surface area contributed by atoms with Gasteiger partial charge in [0.1, 0.15) is 23.0 Å². The highest BCUT2D eigenvalue weighted by atomic mass is 32.2. The zero-order valence-corrected chi connectivity index (χ0v) is 18.2. The molecule has 0 unspecified atom stereocenters. The molecule has 1 amide bonds. The van der Waals surface area contributed by atoms with Gasteiger partial charge in [0.15, 0.2) is 0 Å². The topological polar surface area (TPSA) is 93.7 Å². The van der Waals surface area contributed by atoms with Crippen LogP contribution in [0.5, 0.6) is 11.5 Å². The van der Waals surface area contributed by atoms with Crippen molar-refractivity contribution in [2.75, 3.05) is 20.3 Å². The summed E-state index contributed by atoms with van der Waals surface area (Å²) in [5, 5.41) is 2.72. The van der Waals surface area contributed by atoms with Crippen LogP contribution in [0.2, 0.25) is 0 Å². The third-order valence-corrected chi connectivity index (χ3v) is 5.61. The van der Waals surface area contributed by atoms with Crippen LogP contribution in [0.15, 0.2) is 47.4 Å². The summed E-state index contributed by atoms with van der Waals surface area (Å²) in [6, 6.07) is 11.9. The Labute approximate surface area is 172 Å². The monoisotopic (exact) mass is 420 g/mol. The van der Waals surface area contributed by atoms with Crippen molar-refractivity contribution in [2.45, 2.75) is 38.1 Å². The zero-order chi connectivity index (χ0) is 21.7. The first kappa shape index (κ1) is 22.7. The first-order valence-electron chi connectivity index (χ1n) is 9.21. The predicted octanol–water partition coefficient (Wildman–Crippen LogP) is 2.89. The molecule has 2 rings (SSSR count). The molecule has 0 fully saturated rings. The maximum Gasteiger partial charge on any atom is 0.251 e. The third kappa shape index (κ3) is 6.76. The third-order valence-electron chi connectivity index (χ3n) is 3.83. The molecular formula is C21H28N2O5S. The molecule has 0 spiro atoms. The number of sulfonamides is 1. The molecule has 0 saturated heterocycles. The van der Waals surface area contributed by atoms with Gasteiger partial charge >= 0.3 is 0 Å². The number of nitrogens with one attached hydrogen (secondary N) is 2. The number of amides is 1. The van der Waals surface area contributed by atoms with Crippen molar-refractivity contribution in [3.05, 3.63) is 53.6 Å². The number of carbonyl (C=O) groups excluding carboxylic acids is 1. The fourth-order valence-electron chi connectivity index (χ4n) is 2.56. The van der Waals surface area contributed by atoms with E-state index in [0.29, 0.717) is 6.61 Å². The molecule has 0 aliphatic carbocycles. The summed E-state index contributed by atoms with van der Waals surface area (Å²) in [7, 11) is -2.48. The quantitative estimate of drug-likeness (QED) is 0.641.